The van der Waals surface area contributed by atoms with Crippen LogP contribution >= 0.6 is 0 Å². The van der Waals surface area contributed by atoms with Gasteiger partial charge in [0, 0.05) is 36.0 Å². The van der Waals surface area contributed by atoms with E-state index in [9.17, 15) is 0 Å². The van der Waals surface area contributed by atoms with Gasteiger partial charge in [-0.3, -0.25) is 0 Å². The Labute approximate surface area is 148 Å². The van der Waals surface area contributed by atoms with E-state index >= 15 is 0 Å². The molecule has 0 saturated heterocycles. The molecule has 0 radical (unpaired) electrons. The first-order valence-corrected chi connectivity index (χ1v) is 9.75. The number of aryl methyl sites for hydroxylation is 1. The third-order valence-electron chi connectivity index (χ3n) is 7.14. The molecule has 3 rings (SSSR count). The molecule has 0 aromatic heterocycles. The van der Waals surface area contributed by atoms with Crippen molar-refractivity contribution in [2.45, 2.75) is 78.3 Å². The van der Waals surface area contributed by atoms with Crippen molar-refractivity contribution < 1.29 is 0 Å². The first kappa shape index (κ1) is 17.4. The lowest BCUT2D eigenvalue weighted by Crippen LogP contribution is -2.61. The van der Waals surface area contributed by atoms with E-state index in [1.165, 1.54) is 48.9 Å². The lowest BCUT2D eigenvalue weighted by atomic mass is 9.55. The number of benzene rings is 1. The van der Waals surface area contributed by atoms with Gasteiger partial charge in [0.15, 0.2) is 0 Å². The average molecular weight is 327 g/mol. The highest BCUT2D eigenvalue weighted by Crippen LogP contribution is 2.58. The Hall–Kier alpha value is -1.44. The van der Waals surface area contributed by atoms with E-state index in [0.29, 0.717) is 6.17 Å². The summed E-state index contributed by atoms with van der Waals surface area (Å²) < 4.78 is 0. The van der Waals surface area contributed by atoms with E-state index in [4.69, 9.17) is 0 Å². The molecule has 132 valence electrons. The van der Waals surface area contributed by atoms with Crippen molar-refractivity contribution in [1.29, 1.82) is 0 Å². The molecule has 0 saturated carbocycles. The Balaban J connectivity index is 2.17. The molecular formula is C22H34N2. The summed E-state index contributed by atoms with van der Waals surface area (Å²) in [6, 6.07) is 7.27. The van der Waals surface area contributed by atoms with Crippen LogP contribution in [-0.4, -0.2) is 18.1 Å². The number of hydrogen-bond donors (Lipinski definition) is 0. The first-order valence-electron chi connectivity index (χ1n) is 9.75. The average Bonchev–Trinajstić information content (AvgIpc) is 3.00. The molecule has 3 unspecified atom stereocenters. The predicted octanol–water partition coefficient (Wildman–Crippen LogP) is 5.68. The van der Waals surface area contributed by atoms with Crippen LogP contribution in [0.3, 0.4) is 0 Å². The van der Waals surface area contributed by atoms with Gasteiger partial charge in [0.2, 0.25) is 0 Å². The maximum atomic E-state index is 2.53. The quantitative estimate of drug-likeness (QED) is 0.687. The van der Waals surface area contributed by atoms with Crippen molar-refractivity contribution in [2.75, 3.05) is 11.9 Å². The second-order valence-corrected chi connectivity index (χ2v) is 8.16. The van der Waals surface area contributed by atoms with Crippen LogP contribution in [0.4, 0.5) is 5.69 Å². The number of anilines is 1. The molecule has 2 aliphatic rings. The molecule has 0 aliphatic carbocycles. The molecule has 2 nitrogen and oxygen atoms in total. The summed E-state index contributed by atoms with van der Waals surface area (Å²) in [6.07, 6.45) is 11.0. The topological polar surface area (TPSA) is 6.48 Å². The van der Waals surface area contributed by atoms with Gasteiger partial charge in [0.25, 0.3) is 0 Å². The summed E-state index contributed by atoms with van der Waals surface area (Å²) in [5.41, 5.74) is 4.87. The molecule has 0 N–H and O–H groups in total. The van der Waals surface area contributed by atoms with E-state index in [1.54, 1.807) is 0 Å². The fraction of sp³-hybridized carbons (Fsp3) is 0.636. The smallest absolute Gasteiger partial charge is 0.111 e. The van der Waals surface area contributed by atoms with Crippen molar-refractivity contribution in [2.24, 2.45) is 5.41 Å². The van der Waals surface area contributed by atoms with Crippen LogP contribution in [0.1, 0.15) is 71.4 Å². The van der Waals surface area contributed by atoms with Crippen molar-refractivity contribution in [1.82, 2.24) is 4.90 Å². The maximum absolute atomic E-state index is 2.53. The van der Waals surface area contributed by atoms with Crippen molar-refractivity contribution in [3.63, 3.8) is 0 Å². The third kappa shape index (κ3) is 2.22. The van der Waals surface area contributed by atoms with Gasteiger partial charge < -0.3 is 9.80 Å². The van der Waals surface area contributed by atoms with E-state index in [1.807, 2.05) is 0 Å². The Morgan fingerprint density at radius 2 is 1.79 bits per heavy atom. The van der Waals surface area contributed by atoms with E-state index in [-0.39, 0.29) is 10.8 Å². The van der Waals surface area contributed by atoms with Crippen LogP contribution in [0.5, 0.6) is 0 Å². The zero-order valence-electron chi connectivity index (χ0n) is 16.4. The van der Waals surface area contributed by atoms with E-state index < -0.39 is 0 Å². The molecule has 2 heterocycles. The summed E-state index contributed by atoms with van der Waals surface area (Å²) >= 11 is 0. The lowest BCUT2D eigenvalue weighted by molar-refractivity contribution is 0.0395. The summed E-state index contributed by atoms with van der Waals surface area (Å²) in [6.45, 7) is 12.0. The van der Waals surface area contributed by atoms with Crippen molar-refractivity contribution >= 4 is 5.69 Å². The second-order valence-electron chi connectivity index (χ2n) is 8.16. The molecule has 0 spiro atoms. The summed E-state index contributed by atoms with van der Waals surface area (Å²) in [7, 11) is 2.23. The van der Waals surface area contributed by atoms with Crippen LogP contribution in [-0.2, 0) is 11.8 Å². The SMILES string of the molecule is CCCCc1ccc2c(c1)N1C=CN(C)C1C(C)(CC)C2(C)CC. The van der Waals surface area contributed by atoms with Crippen LogP contribution in [0.15, 0.2) is 30.6 Å². The lowest BCUT2D eigenvalue weighted by Gasteiger charge is -2.58. The van der Waals surface area contributed by atoms with Gasteiger partial charge >= 0.3 is 0 Å². The van der Waals surface area contributed by atoms with Crippen molar-refractivity contribution in [3.05, 3.63) is 41.7 Å². The van der Waals surface area contributed by atoms with Gasteiger partial charge in [0.1, 0.15) is 6.17 Å². The number of hydrogen-bond acceptors (Lipinski definition) is 2. The number of unbranched alkanes of at least 4 members (excludes halogenated alkanes) is 1. The molecule has 2 heteroatoms. The molecule has 2 aliphatic heterocycles. The molecule has 3 atom stereocenters. The van der Waals surface area contributed by atoms with Crippen LogP contribution < -0.4 is 4.90 Å². The Kier molecular flexibility index (Phi) is 4.44. The van der Waals surface area contributed by atoms with Crippen LogP contribution in [0.25, 0.3) is 0 Å². The largest absolute Gasteiger partial charge is 0.358 e. The highest BCUT2D eigenvalue weighted by molar-refractivity contribution is 5.65. The zero-order chi connectivity index (χ0) is 17.5. The second kappa shape index (κ2) is 6.13. The standard InChI is InChI=1S/C22H34N2/c1-7-10-11-17-12-13-18-19(16-17)24-15-14-23(6)20(24)22(5,9-3)21(18,4)8-2/h12-16,20H,7-11H2,1-6H3. The minimum Gasteiger partial charge on any atom is -0.358 e. The van der Waals surface area contributed by atoms with Gasteiger partial charge in [-0.25, -0.2) is 0 Å². The first-order chi connectivity index (χ1) is 11.4. The number of nitrogens with zero attached hydrogens (tertiary/aromatic N) is 2. The Bertz CT molecular complexity index is 635. The fourth-order valence-corrected chi connectivity index (χ4v) is 5.06. The Morgan fingerprint density at radius 1 is 1.04 bits per heavy atom. The van der Waals surface area contributed by atoms with Crippen molar-refractivity contribution in [3.8, 4) is 0 Å². The molecule has 24 heavy (non-hydrogen) atoms. The van der Waals surface area contributed by atoms with E-state index in [2.05, 4.69) is 82.1 Å². The monoisotopic (exact) mass is 326 g/mol. The van der Waals surface area contributed by atoms with Gasteiger partial charge in [-0.2, -0.15) is 0 Å². The molecule has 0 fully saturated rings. The number of rotatable bonds is 5. The maximum Gasteiger partial charge on any atom is 0.111 e. The minimum atomic E-state index is 0.196. The highest BCUT2D eigenvalue weighted by atomic mass is 15.4. The Morgan fingerprint density at radius 3 is 2.42 bits per heavy atom. The normalized spacial score (nSPS) is 31.3. The molecular weight excluding hydrogens is 292 g/mol. The summed E-state index contributed by atoms with van der Waals surface area (Å²) in [5, 5.41) is 0. The zero-order valence-corrected chi connectivity index (χ0v) is 16.4. The van der Waals surface area contributed by atoms with Gasteiger partial charge in [-0.1, -0.05) is 53.2 Å². The number of fused-ring (bicyclic) bond motifs is 3. The molecule has 1 aromatic rings. The predicted molar refractivity (Wildman–Crippen MR) is 104 cm³/mol. The van der Waals surface area contributed by atoms with Gasteiger partial charge in [-0.15, -0.1) is 0 Å². The molecule has 0 bridgehead atoms. The highest BCUT2D eigenvalue weighted by Gasteiger charge is 2.56. The summed E-state index contributed by atoms with van der Waals surface area (Å²) in [4.78, 5) is 4.95. The van der Waals surface area contributed by atoms with Gasteiger partial charge in [-0.05, 0) is 42.9 Å². The molecule has 0 amide bonds. The van der Waals surface area contributed by atoms with Crippen LogP contribution in [0, 0.1) is 5.41 Å². The third-order valence-corrected chi connectivity index (χ3v) is 7.14. The van der Waals surface area contributed by atoms with Crippen LogP contribution in [0.2, 0.25) is 0 Å². The van der Waals surface area contributed by atoms with E-state index in [0.717, 1.165) is 0 Å². The fourth-order valence-electron chi connectivity index (χ4n) is 5.06. The summed E-state index contributed by atoms with van der Waals surface area (Å²) in [5.74, 6) is 0. The minimum absolute atomic E-state index is 0.196. The van der Waals surface area contributed by atoms with Gasteiger partial charge in [0.05, 0.1) is 0 Å². The molecule has 1 aromatic carbocycles.